The average Bonchev–Trinajstić information content (AvgIpc) is 3.52. The molecule has 1 unspecified atom stereocenters. The second-order valence-electron chi connectivity index (χ2n) is 16.6. The number of allylic oxidation sites excluding steroid dienone is 2. The molecule has 0 spiro atoms. The fourth-order valence-electron chi connectivity index (χ4n) is 12.5. The van der Waals surface area contributed by atoms with Gasteiger partial charge in [0.15, 0.2) is 0 Å². The van der Waals surface area contributed by atoms with Crippen molar-refractivity contribution in [1.82, 2.24) is 10.6 Å². The summed E-state index contributed by atoms with van der Waals surface area (Å²) < 4.78 is 0. The predicted octanol–water partition coefficient (Wildman–Crippen LogP) is 7.70. The van der Waals surface area contributed by atoms with E-state index in [0.717, 1.165) is 48.3 Å². The maximum Gasteiger partial charge on any atom is 0.243 e. The summed E-state index contributed by atoms with van der Waals surface area (Å²) in [6, 6.07) is 0.381. The lowest BCUT2D eigenvalue weighted by Gasteiger charge is -2.58. The SMILES string of the molecule is C[C@@]12CCC[C@H]1[C@@H]1CC=C3NC(=O)CC[C@]3(C)[C@H]1CC2.C[C@@]12CCC[C@H]1[C@@H]1CCC3NC(=O)C=C[C@]3(C)[C@H]1CC2. The van der Waals surface area contributed by atoms with E-state index in [9.17, 15) is 9.59 Å². The van der Waals surface area contributed by atoms with Crippen LogP contribution >= 0.6 is 0 Å². The highest BCUT2D eigenvalue weighted by Gasteiger charge is 2.58. The summed E-state index contributed by atoms with van der Waals surface area (Å²) >= 11 is 0. The van der Waals surface area contributed by atoms with Crippen LogP contribution in [0.1, 0.15) is 124 Å². The fraction of sp³-hybridized carbons (Fsp3) is 0.833. The van der Waals surface area contributed by atoms with Gasteiger partial charge in [-0.3, -0.25) is 9.59 Å². The zero-order valence-corrected chi connectivity index (χ0v) is 25.7. The van der Waals surface area contributed by atoms with Crippen LogP contribution in [0.2, 0.25) is 0 Å². The molecule has 2 aliphatic heterocycles. The Morgan fingerprint density at radius 2 is 1.40 bits per heavy atom. The van der Waals surface area contributed by atoms with E-state index in [1.165, 1.54) is 89.2 Å². The third kappa shape index (κ3) is 4.03. The largest absolute Gasteiger partial charge is 0.349 e. The van der Waals surface area contributed by atoms with E-state index < -0.39 is 0 Å². The molecule has 2 heterocycles. The Labute approximate surface area is 243 Å². The highest BCUT2D eigenvalue weighted by atomic mass is 16.2. The van der Waals surface area contributed by atoms with Gasteiger partial charge in [-0.05, 0) is 129 Å². The van der Waals surface area contributed by atoms with E-state index >= 15 is 0 Å². The van der Waals surface area contributed by atoms with Crippen molar-refractivity contribution in [2.45, 2.75) is 130 Å². The highest BCUT2D eigenvalue weighted by Crippen LogP contribution is 2.64. The summed E-state index contributed by atoms with van der Waals surface area (Å²) in [6.45, 7) is 9.92. The number of hydrogen-bond donors (Lipinski definition) is 2. The maximum absolute atomic E-state index is 11.7. The lowest BCUT2D eigenvalue weighted by Crippen LogP contribution is -2.58. The number of hydrogen-bond acceptors (Lipinski definition) is 2. The number of carbonyl (C=O) groups excluding carboxylic acids is 2. The second-order valence-corrected chi connectivity index (χ2v) is 16.6. The van der Waals surface area contributed by atoms with Crippen molar-refractivity contribution in [2.24, 2.45) is 57.2 Å². The summed E-state index contributed by atoms with van der Waals surface area (Å²) in [4.78, 5) is 23.4. The molecule has 11 atom stereocenters. The van der Waals surface area contributed by atoms with E-state index in [-0.39, 0.29) is 22.6 Å². The summed E-state index contributed by atoms with van der Waals surface area (Å²) in [6.07, 6.45) is 26.2. The molecular weight excluding hydrogens is 492 g/mol. The van der Waals surface area contributed by atoms with Crippen molar-refractivity contribution in [2.75, 3.05) is 0 Å². The zero-order valence-electron chi connectivity index (χ0n) is 25.7. The van der Waals surface area contributed by atoms with Crippen LogP contribution < -0.4 is 10.6 Å². The van der Waals surface area contributed by atoms with Gasteiger partial charge in [0, 0.05) is 29.0 Å². The molecule has 0 bridgehead atoms. The molecule has 0 radical (unpaired) electrons. The molecular formula is C36H54N2O2. The van der Waals surface area contributed by atoms with Crippen LogP contribution in [-0.2, 0) is 9.59 Å². The zero-order chi connectivity index (χ0) is 27.9. The average molecular weight is 547 g/mol. The number of fused-ring (bicyclic) bond motifs is 10. The molecule has 5 saturated carbocycles. The maximum atomic E-state index is 11.7. The van der Waals surface area contributed by atoms with E-state index in [4.69, 9.17) is 0 Å². The van der Waals surface area contributed by atoms with Gasteiger partial charge < -0.3 is 10.6 Å². The standard InChI is InChI=1S/2C18H27NO/c2*1-17-9-3-4-13(17)12-5-6-15-18(2,14(12)7-10-17)11-8-16(20)19-15/h8,11-15H,3-7,9-10H2,1-2H3,(H,19,20);6,12-14H,3-5,7-11H2,1-2H3,(H,19,20)/t12-,13-,14-,15?,17-,18+;12-,13-,14-,17-,18+/m00/s1. The van der Waals surface area contributed by atoms with Crippen molar-refractivity contribution in [3.8, 4) is 0 Å². The van der Waals surface area contributed by atoms with Gasteiger partial charge >= 0.3 is 0 Å². The van der Waals surface area contributed by atoms with Crippen molar-refractivity contribution < 1.29 is 9.59 Å². The first-order chi connectivity index (χ1) is 19.1. The number of nitrogens with one attached hydrogen (secondary N) is 2. The van der Waals surface area contributed by atoms with Crippen LogP contribution in [0.25, 0.3) is 0 Å². The Morgan fingerprint density at radius 3 is 2.12 bits per heavy atom. The molecule has 8 rings (SSSR count). The number of rotatable bonds is 0. The smallest absolute Gasteiger partial charge is 0.243 e. The monoisotopic (exact) mass is 546 g/mol. The Hall–Kier alpha value is -1.58. The van der Waals surface area contributed by atoms with Gasteiger partial charge in [-0.1, -0.05) is 52.7 Å². The van der Waals surface area contributed by atoms with Crippen molar-refractivity contribution in [1.29, 1.82) is 0 Å². The van der Waals surface area contributed by atoms with Gasteiger partial charge in [0.2, 0.25) is 11.8 Å². The molecule has 0 aromatic rings. The summed E-state index contributed by atoms with van der Waals surface area (Å²) in [5.41, 5.74) is 2.98. The molecule has 6 aliphatic carbocycles. The minimum absolute atomic E-state index is 0.118. The number of amides is 2. The predicted molar refractivity (Wildman–Crippen MR) is 160 cm³/mol. The lowest BCUT2D eigenvalue weighted by atomic mass is 9.49. The molecule has 8 aliphatic rings. The van der Waals surface area contributed by atoms with Crippen molar-refractivity contribution >= 4 is 11.8 Å². The molecule has 6 fully saturated rings. The highest BCUT2D eigenvalue weighted by molar-refractivity contribution is 5.89. The third-order valence-electron chi connectivity index (χ3n) is 14.9. The van der Waals surface area contributed by atoms with E-state index in [0.29, 0.717) is 16.9 Å². The van der Waals surface area contributed by atoms with Gasteiger partial charge in [0.05, 0.1) is 0 Å². The first-order valence-corrected chi connectivity index (χ1v) is 17.1. The molecule has 4 nitrogen and oxygen atoms in total. The molecule has 0 aromatic heterocycles. The quantitative estimate of drug-likeness (QED) is 0.327. The molecule has 2 amide bonds. The normalized spacial score (nSPS) is 52.2. The lowest BCUT2D eigenvalue weighted by molar-refractivity contribution is -0.125. The number of carbonyl (C=O) groups is 2. The van der Waals surface area contributed by atoms with Crippen LogP contribution in [0, 0.1) is 57.2 Å². The molecule has 40 heavy (non-hydrogen) atoms. The summed E-state index contributed by atoms with van der Waals surface area (Å²) in [5.74, 6) is 5.60. The van der Waals surface area contributed by atoms with Crippen LogP contribution in [0.4, 0.5) is 0 Å². The molecule has 220 valence electrons. The van der Waals surface area contributed by atoms with Crippen LogP contribution in [0.15, 0.2) is 23.9 Å². The number of piperidine rings is 1. The van der Waals surface area contributed by atoms with Crippen LogP contribution in [-0.4, -0.2) is 17.9 Å². The van der Waals surface area contributed by atoms with E-state index in [2.05, 4.69) is 50.5 Å². The Balaban J connectivity index is 0.000000132. The topological polar surface area (TPSA) is 58.2 Å². The van der Waals surface area contributed by atoms with E-state index in [1.54, 1.807) is 6.08 Å². The van der Waals surface area contributed by atoms with Crippen molar-refractivity contribution in [3.05, 3.63) is 23.9 Å². The van der Waals surface area contributed by atoms with Gasteiger partial charge in [-0.15, -0.1) is 0 Å². The van der Waals surface area contributed by atoms with Crippen LogP contribution in [0.3, 0.4) is 0 Å². The summed E-state index contributed by atoms with van der Waals surface area (Å²) in [5, 5.41) is 6.42. The van der Waals surface area contributed by atoms with Gasteiger partial charge in [-0.25, -0.2) is 0 Å². The van der Waals surface area contributed by atoms with Crippen LogP contribution in [0.5, 0.6) is 0 Å². The van der Waals surface area contributed by atoms with Gasteiger partial charge in [-0.2, -0.15) is 0 Å². The van der Waals surface area contributed by atoms with Gasteiger partial charge in [0.1, 0.15) is 0 Å². The molecule has 4 heteroatoms. The first-order valence-electron chi connectivity index (χ1n) is 17.1. The first kappa shape index (κ1) is 27.3. The third-order valence-corrected chi connectivity index (χ3v) is 14.9. The summed E-state index contributed by atoms with van der Waals surface area (Å²) in [7, 11) is 0. The fourth-order valence-corrected chi connectivity index (χ4v) is 12.5. The molecule has 0 aromatic carbocycles. The minimum atomic E-state index is 0.118. The Kier molecular flexibility index (Phi) is 6.45. The molecule has 2 N–H and O–H groups in total. The Morgan fingerprint density at radius 1 is 0.725 bits per heavy atom. The minimum Gasteiger partial charge on any atom is -0.349 e. The van der Waals surface area contributed by atoms with Crippen molar-refractivity contribution in [3.63, 3.8) is 0 Å². The van der Waals surface area contributed by atoms with E-state index in [1.807, 2.05) is 0 Å². The molecule has 1 saturated heterocycles. The Bertz CT molecular complexity index is 1130. The van der Waals surface area contributed by atoms with Gasteiger partial charge in [0.25, 0.3) is 0 Å². The second kappa shape index (κ2) is 9.46.